The zero-order valence-electron chi connectivity index (χ0n) is 13.4. The summed E-state index contributed by atoms with van der Waals surface area (Å²) in [5.74, 6) is 1.96. The molecule has 0 aromatic rings. The van der Waals surface area contributed by atoms with E-state index in [0.29, 0.717) is 30.1 Å². The third-order valence-electron chi connectivity index (χ3n) is 3.34. The first-order chi connectivity index (χ1) is 9.34. The molecule has 0 bridgehead atoms. The first-order valence-corrected chi connectivity index (χ1v) is 11.3. The van der Waals surface area contributed by atoms with Crippen LogP contribution in [0.15, 0.2) is 0 Å². The van der Waals surface area contributed by atoms with Gasteiger partial charge in [-0.05, 0) is 23.2 Å². The Balaban J connectivity index is 4.79. The number of ketones is 1. The van der Waals surface area contributed by atoms with Crippen molar-refractivity contribution in [1.82, 2.24) is 0 Å². The van der Waals surface area contributed by atoms with Crippen LogP contribution in [0.4, 0.5) is 0 Å². The minimum absolute atomic E-state index is 0.113. The Labute approximate surface area is 126 Å². The maximum absolute atomic E-state index is 12.1. The van der Waals surface area contributed by atoms with Crippen molar-refractivity contribution in [1.29, 1.82) is 0 Å². The van der Waals surface area contributed by atoms with Crippen molar-refractivity contribution in [2.75, 3.05) is 23.0 Å². The van der Waals surface area contributed by atoms with E-state index in [2.05, 4.69) is 3.63 Å². The van der Waals surface area contributed by atoms with Gasteiger partial charge in [0.15, 0.2) is 0 Å². The Morgan fingerprint density at radius 3 is 1.95 bits per heavy atom. The molecule has 1 N–H and O–H groups in total. The van der Waals surface area contributed by atoms with Gasteiger partial charge < -0.3 is 0 Å². The zero-order valence-corrected chi connectivity index (χ0v) is 15.0. The first kappa shape index (κ1) is 19.9. The molecule has 0 fully saturated rings. The molecule has 0 aromatic carbocycles. The lowest BCUT2D eigenvalue weighted by atomic mass is 10.2. The summed E-state index contributed by atoms with van der Waals surface area (Å²) in [5.41, 5.74) is 0. The van der Waals surface area contributed by atoms with E-state index in [1.165, 1.54) is 0 Å². The van der Waals surface area contributed by atoms with Crippen LogP contribution in [0.1, 0.15) is 59.8 Å². The lowest BCUT2D eigenvalue weighted by molar-refractivity contribution is -0.116. The maximum atomic E-state index is 12.1. The van der Waals surface area contributed by atoms with Gasteiger partial charge in [-0.15, -0.1) is 0 Å². The van der Waals surface area contributed by atoms with Crippen LogP contribution in [0.25, 0.3) is 0 Å². The topological polar surface area (TPSA) is 64.0 Å². The molecule has 0 amide bonds. The Morgan fingerprint density at radius 2 is 1.50 bits per heavy atom. The summed E-state index contributed by atoms with van der Waals surface area (Å²) in [6, 6.07) is 0. The van der Waals surface area contributed by atoms with Crippen LogP contribution >= 0.6 is 10.3 Å². The van der Waals surface area contributed by atoms with Crippen LogP contribution in [-0.2, 0) is 14.9 Å². The molecular weight excluding hydrogens is 296 g/mol. The van der Waals surface area contributed by atoms with E-state index in [9.17, 15) is 13.2 Å². The quantitative estimate of drug-likeness (QED) is 0.405. The molecule has 0 aliphatic rings. The maximum Gasteiger partial charge on any atom is 0.390 e. The smallest absolute Gasteiger partial charge is 0.299 e. The van der Waals surface area contributed by atoms with Gasteiger partial charge in [0, 0.05) is 17.9 Å². The molecule has 0 spiro atoms. The molecule has 0 radical (unpaired) electrons. The van der Waals surface area contributed by atoms with Crippen molar-refractivity contribution in [2.24, 2.45) is 0 Å². The van der Waals surface area contributed by atoms with Gasteiger partial charge >= 0.3 is 10.1 Å². The third-order valence-corrected chi connectivity index (χ3v) is 9.33. The van der Waals surface area contributed by atoms with E-state index in [1.54, 1.807) is 0 Å². The molecule has 4 nitrogen and oxygen atoms in total. The fourth-order valence-electron chi connectivity index (χ4n) is 1.89. The summed E-state index contributed by atoms with van der Waals surface area (Å²) in [4.78, 5) is 12.0. The molecule has 6 heteroatoms. The standard InChI is InChI=1S/C14H30O4S2/c1-5-9-11-14(15)13-19(7-3,8-4)18-20(16,17)12-10-6-2/h5-13H2,1-4H3/p+1. The summed E-state index contributed by atoms with van der Waals surface area (Å²) in [7, 11) is -5.08. The van der Waals surface area contributed by atoms with E-state index in [-0.39, 0.29) is 11.5 Å². The van der Waals surface area contributed by atoms with E-state index in [0.717, 1.165) is 19.3 Å². The van der Waals surface area contributed by atoms with Crippen LogP contribution in [0.5, 0.6) is 0 Å². The molecule has 0 aromatic heterocycles. The second-order valence-electron chi connectivity index (χ2n) is 5.08. The summed E-state index contributed by atoms with van der Waals surface area (Å²) in [6.45, 7) is 7.91. The van der Waals surface area contributed by atoms with Gasteiger partial charge in [0.05, 0.1) is 5.75 Å². The number of Topliss-reactive ketones (excluding diaryl/α,β-unsaturated/α-hetero) is 1. The minimum atomic E-state index is -3.38. The normalized spacial score (nSPS) is 13.4. The number of rotatable bonds is 12. The second kappa shape index (κ2) is 9.79. The molecule has 0 heterocycles. The molecule has 0 aliphatic heterocycles. The molecule has 0 atom stereocenters. The summed E-state index contributed by atoms with van der Waals surface area (Å²) in [6.07, 6.45) is 3.89. The number of hydrogen-bond acceptors (Lipinski definition) is 3. The highest BCUT2D eigenvalue weighted by molar-refractivity contribution is 8.32. The van der Waals surface area contributed by atoms with Gasteiger partial charge in [-0.2, -0.15) is 8.42 Å². The van der Waals surface area contributed by atoms with Crippen LogP contribution in [-0.4, -0.2) is 40.8 Å². The van der Waals surface area contributed by atoms with Gasteiger partial charge in [0.2, 0.25) is 0 Å². The van der Waals surface area contributed by atoms with Gasteiger partial charge in [0.25, 0.3) is 0 Å². The molecule has 0 saturated carbocycles. The molecular formula is C14H31O4S2+. The monoisotopic (exact) mass is 327 g/mol. The van der Waals surface area contributed by atoms with Crippen LogP contribution < -0.4 is 0 Å². The first-order valence-electron chi connectivity index (χ1n) is 7.59. The largest absolute Gasteiger partial charge is 0.390 e. The van der Waals surface area contributed by atoms with Gasteiger partial charge in [-0.25, -0.2) is 0 Å². The van der Waals surface area contributed by atoms with Crippen molar-refractivity contribution in [2.45, 2.75) is 59.8 Å². The van der Waals surface area contributed by atoms with Crippen molar-refractivity contribution in [3.8, 4) is 0 Å². The van der Waals surface area contributed by atoms with Crippen LogP contribution in [0.3, 0.4) is 0 Å². The average molecular weight is 328 g/mol. The van der Waals surface area contributed by atoms with Crippen LogP contribution in [0, 0.1) is 0 Å². The summed E-state index contributed by atoms with van der Waals surface area (Å²) >= 11 is 0. The Kier molecular flexibility index (Phi) is 9.76. The SMILES string of the molecule is CCCCC(=O)CS(CC)(CC)[OH+]S(=O)(=O)CCCC. The molecule has 122 valence electrons. The second-order valence-corrected chi connectivity index (χ2v) is 10.7. The predicted octanol–water partition coefficient (Wildman–Crippen LogP) is 3.73. The van der Waals surface area contributed by atoms with E-state index in [4.69, 9.17) is 0 Å². The van der Waals surface area contributed by atoms with Crippen LogP contribution in [0.2, 0.25) is 0 Å². The van der Waals surface area contributed by atoms with Crippen molar-refractivity contribution in [3.63, 3.8) is 0 Å². The highest BCUT2D eigenvalue weighted by Gasteiger charge is 2.35. The Bertz CT molecular complexity index is 373. The highest BCUT2D eigenvalue weighted by Crippen LogP contribution is 2.47. The Morgan fingerprint density at radius 1 is 0.950 bits per heavy atom. The van der Waals surface area contributed by atoms with Crippen molar-refractivity contribution >= 4 is 26.2 Å². The predicted molar refractivity (Wildman–Crippen MR) is 89.4 cm³/mol. The molecule has 0 unspecified atom stereocenters. The molecule has 0 aliphatic carbocycles. The summed E-state index contributed by atoms with van der Waals surface area (Å²) in [5, 5.41) is 0. The molecule has 20 heavy (non-hydrogen) atoms. The molecule has 0 rings (SSSR count). The number of unbranched alkanes of at least 4 members (excludes halogenated alkanes) is 2. The highest BCUT2D eigenvalue weighted by atomic mass is 32.3. The fourth-order valence-corrected chi connectivity index (χ4v) is 7.38. The summed E-state index contributed by atoms with van der Waals surface area (Å²) < 4.78 is 28.3. The molecule has 0 saturated heterocycles. The number of carbonyl (C=O) groups excluding carboxylic acids is 1. The zero-order chi connectivity index (χ0) is 15.6. The lowest BCUT2D eigenvalue weighted by Crippen LogP contribution is -2.27. The van der Waals surface area contributed by atoms with Gasteiger partial charge in [0.1, 0.15) is 11.5 Å². The van der Waals surface area contributed by atoms with E-state index >= 15 is 0 Å². The lowest BCUT2D eigenvalue weighted by Gasteiger charge is -2.31. The Hall–Kier alpha value is -0.0700. The van der Waals surface area contributed by atoms with Gasteiger partial charge in [-0.1, -0.05) is 40.5 Å². The van der Waals surface area contributed by atoms with E-state index in [1.807, 2.05) is 27.7 Å². The number of carbonyl (C=O) groups is 1. The number of hydrogen-bond donors (Lipinski definition) is 0. The van der Waals surface area contributed by atoms with Gasteiger partial charge in [-0.3, -0.25) is 8.42 Å². The van der Waals surface area contributed by atoms with Crippen molar-refractivity contribution < 1.29 is 16.8 Å². The fraction of sp³-hybridized carbons (Fsp3) is 0.929. The third kappa shape index (κ3) is 7.64. The minimum Gasteiger partial charge on any atom is -0.299 e. The average Bonchev–Trinajstić information content (AvgIpc) is 2.42. The van der Waals surface area contributed by atoms with E-state index < -0.39 is 20.4 Å². The van der Waals surface area contributed by atoms with Crippen molar-refractivity contribution in [3.05, 3.63) is 0 Å².